The van der Waals surface area contributed by atoms with Crippen LogP contribution in [0.5, 0.6) is 0 Å². The molecule has 0 saturated carbocycles. The molecular formula is C13H14N8O2S. The second-order valence-electron chi connectivity index (χ2n) is 4.80. The number of nitrogens with one attached hydrogen (secondary N) is 1. The number of carbonyl (C=O) groups excluding carboxylic acids is 1. The lowest BCUT2D eigenvalue weighted by Gasteiger charge is -2.13. The van der Waals surface area contributed by atoms with Gasteiger partial charge in [-0.05, 0) is 12.1 Å². The van der Waals surface area contributed by atoms with E-state index in [-0.39, 0.29) is 24.2 Å². The normalized spacial score (nSPS) is 10.7. The van der Waals surface area contributed by atoms with Crippen LogP contribution in [0.4, 0.5) is 5.95 Å². The number of aromatic amines is 1. The molecule has 0 aliphatic rings. The molecule has 0 radical (unpaired) electrons. The highest BCUT2D eigenvalue weighted by atomic mass is 32.2. The average molecular weight is 346 g/mol. The number of thioether (sulfide) groups is 1. The molecule has 0 unspecified atom stereocenters. The monoisotopic (exact) mass is 346 g/mol. The number of hydrogen-bond acceptors (Lipinski definition) is 9. The Morgan fingerprint density at radius 1 is 1.46 bits per heavy atom. The highest BCUT2D eigenvalue weighted by Gasteiger charge is 2.16. The van der Waals surface area contributed by atoms with Crippen molar-refractivity contribution in [2.75, 3.05) is 18.5 Å². The Morgan fingerprint density at radius 3 is 3.04 bits per heavy atom. The second-order valence-corrected chi connectivity index (χ2v) is 5.74. The molecule has 3 rings (SSSR count). The largest absolute Gasteiger partial charge is 0.368 e. The third-order valence-corrected chi connectivity index (χ3v) is 3.83. The molecule has 1 amide bonds. The number of amides is 1. The molecule has 0 atom stereocenters. The van der Waals surface area contributed by atoms with Gasteiger partial charge in [-0.15, -0.1) is 5.10 Å². The zero-order valence-corrected chi connectivity index (χ0v) is 13.5. The quantitative estimate of drug-likeness (QED) is 0.613. The van der Waals surface area contributed by atoms with Gasteiger partial charge in [0.1, 0.15) is 0 Å². The van der Waals surface area contributed by atoms with Crippen LogP contribution in [0.2, 0.25) is 0 Å². The zero-order chi connectivity index (χ0) is 16.9. The lowest BCUT2D eigenvalue weighted by molar-refractivity contribution is -0.127. The fourth-order valence-electron chi connectivity index (χ4n) is 1.78. The summed E-state index contributed by atoms with van der Waals surface area (Å²) in [5, 5.41) is 10.7. The van der Waals surface area contributed by atoms with Gasteiger partial charge in [-0.2, -0.15) is 9.97 Å². The highest BCUT2D eigenvalue weighted by molar-refractivity contribution is 7.99. The van der Waals surface area contributed by atoms with Crippen LogP contribution in [0.15, 0.2) is 34.2 Å². The molecule has 3 aromatic rings. The van der Waals surface area contributed by atoms with E-state index in [1.165, 1.54) is 16.7 Å². The number of hydrogen-bond donors (Lipinski definition) is 2. The van der Waals surface area contributed by atoms with Crippen LogP contribution in [0.1, 0.15) is 5.89 Å². The van der Waals surface area contributed by atoms with E-state index in [2.05, 4.69) is 30.3 Å². The van der Waals surface area contributed by atoms with E-state index >= 15 is 0 Å². The Balaban J connectivity index is 1.55. The molecule has 0 fully saturated rings. The van der Waals surface area contributed by atoms with Crippen molar-refractivity contribution in [3.8, 4) is 11.4 Å². The molecule has 11 heteroatoms. The van der Waals surface area contributed by atoms with E-state index in [4.69, 9.17) is 10.3 Å². The van der Waals surface area contributed by atoms with Gasteiger partial charge in [0.05, 0.1) is 12.3 Å². The maximum atomic E-state index is 12.1. The molecule has 3 N–H and O–H groups in total. The SMILES string of the molecule is CN(Cc1nc(-c2cccnc2)no1)C(=O)CSc1n[nH]c(N)n1. The van der Waals surface area contributed by atoms with Crippen molar-refractivity contribution >= 4 is 23.6 Å². The lowest BCUT2D eigenvalue weighted by Crippen LogP contribution is -2.28. The standard InChI is InChI=1S/C13H14N8O2S/c1-21(10(22)7-24-13-17-12(14)18-19-13)6-9-16-11(20-23-9)8-3-2-4-15-5-8/h2-5H,6-7H2,1H3,(H3,14,17,18,19). The van der Waals surface area contributed by atoms with Crippen LogP contribution >= 0.6 is 11.8 Å². The number of H-pyrrole nitrogens is 1. The molecule has 24 heavy (non-hydrogen) atoms. The molecule has 0 aromatic carbocycles. The van der Waals surface area contributed by atoms with Gasteiger partial charge in [-0.1, -0.05) is 16.9 Å². The molecular weight excluding hydrogens is 332 g/mol. The van der Waals surface area contributed by atoms with Gasteiger partial charge in [0.25, 0.3) is 0 Å². The zero-order valence-electron chi connectivity index (χ0n) is 12.7. The number of rotatable bonds is 6. The number of anilines is 1. The molecule has 124 valence electrons. The minimum atomic E-state index is -0.121. The van der Waals surface area contributed by atoms with Crippen molar-refractivity contribution < 1.29 is 9.32 Å². The van der Waals surface area contributed by atoms with Gasteiger partial charge in [-0.3, -0.25) is 9.78 Å². The Bertz CT molecular complexity index is 818. The summed E-state index contributed by atoms with van der Waals surface area (Å²) in [4.78, 5) is 25.8. The Hall–Kier alpha value is -2.95. The number of nitrogens with two attached hydrogens (primary N) is 1. The van der Waals surface area contributed by atoms with Crippen molar-refractivity contribution in [2.45, 2.75) is 11.7 Å². The predicted octanol–water partition coefficient (Wildman–Crippen LogP) is 0.583. The van der Waals surface area contributed by atoms with Crippen molar-refractivity contribution in [3.05, 3.63) is 30.4 Å². The maximum absolute atomic E-state index is 12.1. The number of carbonyl (C=O) groups is 1. The summed E-state index contributed by atoms with van der Waals surface area (Å²) in [5.74, 6) is 1.05. The Labute approximate surface area is 140 Å². The molecule has 0 saturated heterocycles. The summed E-state index contributed by atoms with van der Waals surface area (Å²) in [7, 11) is 1.66. The Morgan fingerprint density at radius 2 is 2.33 bits per heavy atom. The van der Waals surface area contributed by atoms with E-state index in [1.807, 2.05) is 6.07 Å². The van der Waals surface area contributed by atoms with Crippen molar-refractivity contribution in [1.29, 1.82) is 0 Å². The average Bonchev–Trinajstić information content (AvgIpc) is 3.22. The van der Waals surface area contributed by atoms with Crippen LogP contribution in [-0.2, 0) is 11.3 Å². The van der Waals surface area contributed by atoms with E-state index in [0.29, 0.717) is 16.9 Å². The summed E-state index contributed by atoms with van der Waals surface area (Å²) in [5.41, 5.74) is 6.18. The van der Waals surface area contributed by atoms with Gasteiger partial charge < -0.3 is 15.2 Å². The van der Waals surface area contributed by atoms with Gasteiger partial charge in [0.2, 0.25) is 28.7 Å². The van der Waals surface area contributed by atoms with E-state index in [9.17, 15) is 4.79 Å². The molecule has 3 aromatic heterocycles. The van der Waals surface area contributed by atoms with Gasteiger partial charge in [0, 0.05) is 25.0 Å². The van der Waals surface area contributed by atoms with Gasteiger partial charge >= 0.3 is 0 Å². The number of nitrogens with zero attached hydrogens (tertiary/aromatic N) is 6. The summed E-state index contributed by atoms with van der Waals surface area (Å²) < 4.78 is 5.17. The number of pyridine rings is 1. The fourth-order valence-corrected chi connectivity index (χ4v) is 2.53. The van der Waals surface area contributed by atoms with E-state index in [0.717, 1.165) is 5.56 Å². The van der Waals surface area contributed by atoms with Crippen molar-refractivity contribution in [3.63, 3.8) is 0 Å². The second kappa shape index (κ2) is 7.08. The van der Waals surface area contributed by atoms with Crippen LogP contribution in [0.3, 0.4) is 0 Å². The van der Waals surface area contributed by atoms with Crippen LogP contribution < -0.4 is 5.73 Å². The maximum Gasteiger partial charge on any atom is 0.246 e. The number of nitrogen functional groups attached to an aromatic ring is 1. The molecule has 0 aliphatic carbocycles. The first-order valence-corrected chi connectivity index (χ1v) is 7.88. The molecule has 3 heterocycles. The third-order valence-electron chi connectivity index (χ3n) is 2.99. The van der Waals surface area contributed by atoms with E-state index < -0.39 is 0 Å². The van der Waals surface area contributed by atoms with Crippen LogP contribution in [-0.4, -0.2) is 53.9 Å². The molecule has 0 bridgehead atoms. The van der Waals surface area contributed by atoms with Crippen molar-refractivity contribution in [1.82, 2.24) is 35.2 Å². The molecule has 0 spiro atoms. The number of aromatic nitrogens is 6. The summed E-state index contributed by atoms with van der Waals surface area (Å²) >= 11 is 1.19. The first kappa shape index (κ1) is 15.9. The highest BCUT2D eigenvalue weighted by Crippen LogP contribution is 2.16. The van der Waals surface area contributed by atoms with Gasteiger partial charge in [-0.25, -0.2) is 5.10 Å². The fraction of sp³-hybridized carbons (Fsp3) is 0.231. The third kappa shape index (κ3) is 3.87. The predicted molar refractivity (Wildman–Crippen MR) is 85.5 cm³/mol. The summed E-state index contributed by atoms with van der Waals surface area (Å²) in [6.45, 7) is 0.211. The van der Waals surface area contributed by atoms with Crippen molar-refractivity contribution in [2.24, 2.45) is 0 Å². The van der Waals surface area contributed by atoms with Crippen LogP contribution in [0.25, 0.3) is 11.4 Å². The van der Waals surface area contributed by atoms with Crippen LogP contribution in [0, 0.1) is 0 Å². The molecule has 0 aliphatic heterocycles. The Kier molecular flexibility index (Phi) is 4.70. The summed E-state index contributed by atoms with van der Waals surface area (Å²) in [6, 6.07) is 3.61. The smallest absolute Gasteiger partial charge is 0.246 e. The van der Waals surface area contributed by atoms with E-state index in [1.54, 1.807) is 25.5 Å². The van der Waals surface area contributed by atoms with Gasteiger partial charge in [0.15, 0.2) is 0 Å². The first-order valence-electron chi connectivity index (χ1n) is 6.89. The minimum absolute atomic E-state index is 0.121. The summed E-state index contributed by atoms with van der Waals surface area (Å²) in [6.07, 6.45) is 3.30. The first-order chi connectivity index (χ1) is 11.6. The molecule has 10 nitrogen and oxygen atoms in total. The minimum Gasteiger partial charge on any atom is -0.368 e. The lowest BCUT2D eigenvalue weighted by atomic mass is 10.3. The topological polar surface area (TPSA) is 140 Å².